The molecule has 0 radical (unpaired) electrons. The number of nitrogens with one attached hydrogen (secondary N) is 1. The summed E-state index contributed by atoms with van der Waals surface area (Å²) < 4.78 is 1.97. The summed E-state index contributed by atoms with van der Waals surface area (Å²) in [7, 11) is 0. The third-order valence-corrected chi connectivity index (χ3v) is 4.71. The van der Waals surface area contributed by atoms with Crippen molar-refractivity contribution in [3.8, 4) is 0 Å². The molecule has 118 valence electrons. The lowest BCUT2D eigenvalue weighted by Crippen LogP contribution is -2.24. The number of rotatable bonds is 5. The fraction of sp³-hybridized carbons (Fsp3) is 0.533. The van der Waals surface area contributed by atoms with Gasteiger partial charge in [-0.25, -0.2) is 4.98 Å². The molecule has 6 nitrogen and oxygen atoms in total. The number of carbonyl (C=O) groups excluding carboxylic acids is 1. The van der Waals surface area contributed by atoms with Crippen LogP contribution in [0.5, 0.6) is 0 Å². The van der Waals surface area contributed by atoms with Gasteiger partial charge < -0.3 is 10.2 Å². The summed E-state index contributed by atoms with van der Waals surface area (Å²) >= 11 is 1.71. The minimum absolute atomic E-state index is 0.0862. The zero-order valence-corrected chi connectivity index (χ0v) is 13.8. The zero-order valence-electron chi connectivity index (χ0n) is 13.0. The monoisotopic (exact) mass is 319 g/mol. The summed E-state index contributed by atoms with van der Waals surface area (Å²) in [5.41, 5.74) is 1.19. The number of carbonyl (C=O) groups is 1. The van der Waals surface area contributed by atoms with Crippen molar-refractivity contribution in [2.75, 3.05) is 25.0 Å². The first kappa shape index (κ1) is 15.2. The Morgan fingerprint density at radius 2 is 2.41 bits per heavy atom. The van der Waals surface area contributed by atoms with Crippen LogP contribution < -0.4 is 5.32 Å². The molecule has 0 unspecified atom stereocenters. The minimum atomic E-state index is -0.0862. The van der Waals surface area contributed by atoms with Gasteiger partial charge in [0.25, 0.3) is 0 Å². The van der Waals surface area contributed by atoms with Gasteiger partial charge in [-0.2, -0.15) is 5.10 Å². The van der Waals surface area contributed by atoms with Gasteiger partial charge >= 0.3 is 0 Å². The number of amides is 1. The van der Waals surface area contributed by atoms with Crippen molar-refractivity contribution in [2.45, 2.75) is 32.7 Å². The van der Waals surface area contributed by atoms with E-state index in [9.17, 15) is 4.79 Å². The molecule has 2 aromatic rings. The Hall–Kier alpha value is -1.73. The van der Waals surface area contributed by atoms with Crippen molar-refractivity contribution in [2.24, 2.45) is 0 Å². The Labute approximate surface area is 134 Å². The average Bonchev–Trinajstić information content (AvgIpc) is 3.16. The summed E-state index contributed by atoms with van der Waals surface area (Å²) in [6.07, 6.45) is 4.05. The largest absolute Gasteiger partial charge is 0.309 e. The molecule has 3 rings (SSSR count). The summed E-state index contributed by atoms with van der Waals surface area (Å²) in [6.45, 7) is 6.67. The second-order valence-corrected chi connectivity index (χ2v) is 6.78. The standard InChI is InChI=1S/C15H21N5OS/c1-11(21)16-15-5-8-20(18-15)14-4-7-19(9-14)6-3-13-10-22-12(2)17-13/h5,8,10,14H,3-4,6-7,9H2,1-2H3,(H,16,18,21)/t14-/m1/s1. The van der Waals surface area contributed by atoms with E-state index in [-0.39, 0.29) is 5.91 Å². The highest BCUT2D eigenvalue weighted by Crippen LogP contribution is 2.22. The lowest BCUT2D eigenvalue weighted by Gasteiger charge is -2.15. The molecular weight excluding hydrogens is 298 g/mol. The van der Waals surface area contributed by atoms with Crippen LogP contribution in [0.3, 0.4) is 0 Å². The number of hydrogen-bond acceptors (Lipinski definition) is 5. The van der Waals surface area contributed by atoms with Gasteiger partial charge in [-0.1, -0.05) is 0 Å². The van der Waals surface area contributed by atoms with Crippen LogP contribution in [-0.4, -0.2) is 45.2 Å². The maximum Gasteiger partial charge on any atom is 0.222 e. The molecule has 2 aromatic heterocycles. The Balaban J connectivity index is 1.51. The van der Waals surface area contributed by atoms with E-state index in [0.29, 0.717) is 11.9 Å². The molecule has 1 amide bonds. The molecule has 0 aliphatic carbocycles. The van der Waals surface area contributed by atoms with E-state index in [4.69, 9.17) is 0 Å². The van der Waals surface area contributed by atoms with E-state index in [2.05, 4.69) is 25.7 Å². The van der Waals surface area contributed by atoms with Crippen LogP contribution in [0.2, 0.25) is 0 Å². The number of hydrogen-bond donors (Lipinski definition) is 1. The molecule has 0 spiro atoms. The second kappa shape index (κ2) is 6.58. The average molecular weight is 319 g/mol. The van der Waals surface area contributed by atoms with E-state index in [1.807, 2.05) is 23.9 Å². The van der Waals surface area contributed by atoms with Crippen molar-refractivity contribution in [3.63, 3.8) is 0 Å². The lowest BCUT2D eigenvalue weighted by molar-refractivity contribution is -0.114. The van der Waals surface area contributed by atoms with Crippen molar-refractivity contribution in [3.05, 3.63) is 28.3 Å². The number of nitrogens with zero attached hydrogens (tertiary/aromatic N) is 4. The first-order valence-electron chi connectivity index (χ1n) is 7.56. The molecule has 1 aliphatic heterocycles. The van der Waals surface area contributed by atoms with E-state index < -0.39 is 0 Å². The third-order valence-electron chi connectivity index (χ3n) is 3.88. The molecule has 7 heteroatoms. The number of aromatic nitrogens is 3. The Morgan fingerprint density at radius 1 is 1.55 bits per heavy atom. The topological polar surface area (TPSA) is 63.1 Å². The highest BCUT2D eigenvalue weighted by molar-refractivity contribution is 7.09. The van der Waals surface area contributed by atoms with Gasteiger partial charge in [-0.05, 0) is 13.3 Å². The summed E-state index contributed by atoms with van der Waals surface area (Å²) in [6, 6.07) is 2.24. The van der Waals surface area contributed by atoms with E-state index in [1.54, 1.807) is 11.3 Å². The van der Waals surface area contributed by atoms with Crippen molar-refractivity contribution in [1.29, 1.82) is 0 Å². The third kappa shape index (κ3) is 3.72. The van der Waals surface area contributed by atoms with Gasteiger partial charge in [0.2, 0.25) is 5.91 Å². The molecule has 1 atom stereocenters. The predicted octanol–water partition coefficient (Wildman–Crippen LogP) is 2.10. The molecular formula is C15H21N5OS. The molecule has 0 saturated carbocycles. The fourth-order valence-electron chi connectivity index (χ4n) is 2.82. The highest BCUT2D eigenvalue weighted by atomic mass is 32.1. The van der Waals surface area contributed by atoms with Crippen LogP contribution >= 0.6 is 11.3 Å². The fourth-order valence-corrected chi connectivity index (χ4v) is 3.46. The first-order chi connectivity index (χ1) is 10.6. The number of aryl methyl sites for hydroxylation is 1. The maximum atomic E-state index is 11.0. The van der Waals surface area contributed by atoms with E-state index in [1.165, 1.54) is 12.6 Å². The molecule has 1 fully saturated rings. The SMILES string of the molecule is CC(=O)Nc1ccn([C@@H]2CCN(CCc3csc(C)n3)C2)n1. The van der Waals surface area contributed by atoms with Crippen LogP contribution in [0.15, 0.2) is 17.6 Å². The van der Waals surface area contributed by atoms with Gasteiger partial charge in [0.15, 0.2) is 5.82 Å². The van der Waals surface area contributed by atoms with Gasteiger partial charge in [0.1, 0.15) is 0 Å². The van der Waals surface area contributed by atoms with Gasteiger partial charge in [-0.15, -0.1) is 11.3 Å². The zero-order chi connectivity index (χ0) is 15.5. The highest BCUT2D eigenvalue weighted by Gasteiger charge is 2.24. The quantitative estimate of drug-likeness (QED) is 0.917. The maximum absolute atomic E-state index is 11.0. The van der Waals surface area contributed by atoms with E-state index in [0.717, 1.165) is 37.5 Å². The van der Waals surface area contributed by atoms with Crippen LogP contribution in [0.1, 0.15) is 30.1 Å². The summed E-state index contributed by atoms with van der Waals surface area (Å²) in [5, 5.41) is 10.4. The smallest absolute Gasteiger partial charge is 0.222 e. The normalized spacial score (nSPS) is 18.7. The van der Waals surface area contributed by atoms with Gasteiger partial charge in [0, 0.05) is 50.6 Å². The molecule has 1 saturated heterocycles. The van der Waals surface area contributed by atoms with Crippen LogP contribution in [0, 0.1) is 6.92 Å². The second-order valence-electron chi connectivity index (χ2n) is 5.71. The number of likely N-dealkylation sites (tertiary alicyclic amines) is 1. The lowest BCUT2D eigenvalue weighted by atomic mass is 10.3. The van der Waals surface area contributed by atoms with Crippen molar-refractivity contribution in [1.82, 2.24) is 19.7 Å². The minimum Gasteiger partial charge on any atom is -0.309 e. The number of anilines is 1. The molecule has 1 aliphatic rings. The molecule has 0 bridgehead atoms. The van der Waals surface area contributed by atoms with Crippen LogP contribution in [-0.2, 0) is 11.2 Å². The van der Waals surface area contributed by atoms with Crippen molar-refractivity contribution < 1.29 is 4.79 Å². The van der Waals surface area contributed by atoms with E-state index >= 15 is 0 Å². The van der Waals surface area contributed by atoms with Crippen LogP contribution in [0.25, 0.3) is 0 Å². The van der Waals surface area contributed by atoms with Gasteiger partial charge in [0.05, 0.1) is 16.7 Å². The Kier molecular flexibility index (Phi) is 4.54. The predicted molar refractivity (Wildman–Crippen MR) is 87.2 cm³/mol. The summed E-state index contributed by atoms with van der Waals surface area (Å²) in [4.78, 5) is 18.0. The number of thiazole rings is 1. The van der Waals surface area contributed by atoms with Crippen molar-refractivity contribution >= 4 is 23.1 Å². The van der Waals surface area contributed by atoms with Gasteiger partial charge in [-0.3, -0.25) is 9.48 Å². The molecule has 3 heterocycles. The molecule has 22 heavy (non-hydrogen) atoms. The Morgan fingerprint density at radius 3 is 3.14 bits per heavy atom. The summed E-state index contributed by atoms with van der Waals surface area (Å²) in [5.74, 6) is 0.542. The first-order valence-corrected chi connectivity index (χ1v) is 8.44. The Bertz CT molecular complexity index is 650. The molecule has 0 aromatic carbocycles. The molecule has 1 N–H and O–H groups in total. The van der Waals surface area contributed by atoms with Crippen LogP contribution in [0.4, 0.5) is 5.82 Å².